The molecular formula is C28H30N6O3S. The number of nitrogens with zero attached hydrogens (tertiary/aromatic N) is 6. The zero-order valence-electron chi connectivity index (χ0n) is 21.8. The van der Waals surface area contributed by atoms with E-state index in [0.29, 0.717) is 35.0 Å². The van der Waals surface area contributed by atoms with Gasteiger partial charge in [-0.15, -0.1) is 0 Å². The Hall–Kier alpha value is -3.79. The van der Waals surface area contributed by atoms with E-state index in [4.69, 9.17) is 9.72 Å². The van der Waals surface area contributed by atoms with E-state index in [9.17, 15) is 9.59 Å². The maximum Gasteiger partial charge on any atom is 0.265 e. The van der Waals surface area contributed by atoms with Gasteiger partial charge in [0, 0.05) is 38.4 Å². The van der Waals surface area contributed by atoms with Crippen LogP contribution in [0.5, 0.6) is 5.75 Å². The second-order valence-corrected chi connectivity index (χ2v) is 10.8. The number of hydrogen-bond acceptors (Lipinski definition) is 7. The number of anilines is 1. The van der Waals surface area contributed by atoms with Crippen LogP contribution in [0.3, 0.4) is 0 Å². The number of hydrogen-bond donors (Lipinski definition) is 0. The summed E-state index contributed by atoms with van der Waals surface area (Å²) in [6, 6.07) is 13.8. The molecule has 0 N–H and O–H groups in total. The first-order chi connectivity index (χ1) is 18.4. The number of aryl methyl sites for hydroxylation is 2. The van der Waals surface area contributed by atoms with Crippen LogP contribution in [-0.2, 0) is 4.79 Å². The van der Waals surface area contributed by atoms with Gasteiger partial charge in [-0.3, -0.25) is 14.2 Å². The molecule has 9 nitrogen and oxygen atoms in total. The van der Waals surface area contributed by atoms with Gasteiger partial charge in [-0.05, 0) is 49.2 Å². The molecule has 0 saturated carbocycles. The minimum Gasteiger partial charge on any atom is -0.495 e. The molecule has 38 heavy (non-hydrogen) atoms. The van der Waals surface area contributed by atoms with E-state index in [0.717, 1.165) is 35.8 Å². The number of ether oxygens (including phenoxy) is 1. The highest BCUT2D eigenvalue weighted by Gasteiger charge is 2.32. The van der Waals surface area contributed by atoms with E-state index in [-0.39, 0.29) is 23.9 Å². The Morgan fingerprint density at radius 1 is 1.08 bits per heavy atom. The number of carbonyl (C=O) groups is 1. The number of carbonyl (C=O) groups excluding carboxylic acids is 1. The van der Waals surface area contributed by atoms with Crippen molar-refractivity contribution in [1.82, 2.24) is 24.2 Å². The molecule has 2 aromatic heterocycles. The van der Waals surface area contributed by atoms with Crippen LogP contribution in [0.25, 0.3) is 16.7 Å². The Morgan fingerprint density at radius 3 is 2.63 bits per heavy atom. The largest absolute Gasteiger partial charge is 0.495 e. The summed E-state index contributed by atoms with van der Waals surface area (Å²) in [6.45, 7) is 6.87. The molecule has 1 atom stereocenters. The van der Waals surface area contributed by atoms with Crippen LogP contribution in [0, 0.1) is 13.8 Å². The second-order valence-electron chi connectivity index (χ2n) is 9.84. The van der Waals surface area contributed by atoms with Gasteiger partial charge in [0.2, 0.25) is 5.91 Å². The molecule has 2 aliphatic rings. The number of fused-ring (bicyclic) bond motifs is 2. The van der Waals surface area contributed by atoms with Crippen LogP contribution in [0.4, 0.5) is 5.69 Å². The average Bonchev–Trinajstić information content (AvgIpc) is 3.55. The number of para-hydroxylation sites is 2. The molecule has 2 aliphatic heterocycles. The van der Waals surface area contributed by atoms with E-state index < -0.39 is 0 Å². The minimum absolute atomic E-state index is 0.0703. The highest BCUT2D eigenvalue weighted by molar-refractivity contribution is 7.99. The summed E-state index contributed by atoms with van der Waals surface area (Å²) >= 11 is 1.53. The van der Waals surface area contributed by atoms with E-state index in [1.165, 1.54) is 17.3 Å². The number of rotatable bonds is 5. The van der Waals surface area contributed by atoms with Crippen molar-refractivity contribution in [3.8, 4) is 11.4 Å². The summed E-state index contributed by atoms with van der Waals surface area (Å²) in [5, 5.41) is 5.60. The lowest BCUT2D eigenvalue weighted by Crippen LogP contribution is -2.49. The molecule has 0 radical (unpaired) electrons. The molecule has 1 unspecified atom stereocenters. The number of piperazine rings is 1. The van der Waals surface area contributed by atoms with E-state index in [1.54, 1.807) is 22.6 Å². The van der Waals surface area contributed by atoms with E-state index in [1.807, 2.05) is 41.3 Å². The van der Waals surface area contributed by atoms with Gasteiger partial charge in [0.15, 0.2) is 10.8 Å². The standard InChI is InChI=1S/C28H30N6O3S/c1-18-8-9-20(14-19(18)2)34-26-22(16-29-34)27(36)33-21(17-38-28(33)30-26)15-25(35)32-12-10-31(11-13-32)23-6-4-5-7-24(23)37-3/h4-9,14,16,21H,10-13,15,17H2,1-3H3. The van der Waals surface area contributed by atoms with Crippen LogP contribution in [0.1, 0.15) is 23.6 Å². The van der Waals surface area contributed by atoms with Gasteiger partial charge in [0.1, 0.15) is 11.1 Å². The summed E-state index contributed by atoms with van der Waals surface area (Å²) in [7, 11) is 1.68. The summed E-state index contributed by atoms with van der Waals surface area (Å²) < 4.78 is 8.93. The SMILES string of the molecule is COc1ccccc1N1CCN(C(=O)CC2CSc3nc4c(cnn4-c4ccc(C)c(C)c4)c(=O)n32)CC1. The van der Waals surface area contributed by atoms with Gasteiger partial charge < -0.3 is 14.5 Å². The Balaban J connectivity index is 1.19. The van der Waals surface area contributed by atoms with Crippen molar-refractivity contribution in [1.29, 1.82) is 0 Å². The minimum atomic E-state index is -0.218. The third-order valence-electron chi connectivity index (χ3n) is 7.57. The fraction of sp³-hybridized carbons (Fsp3) is 0.357. The maximum absolute atomic E-state index is 13.5. The normalized spacial score (nSPS) is 17.2. The van der Waals surface area contributed by atoms with Crippen LogP contribution in [0.15, 0.2) is 58.6 Å². The van der Waals surface area contributed by atoms with E-state index >= 15 is 0 Å². The molecule has 196 valence electrons. The van der Waals surface area contributed by atoms with E-state index in [2.05, 4.69) is 29.9 Å². The Labute approximate surface area is 225 Å². The highest BCUT2D eigenvalue weighted by atomic mass is 32.2. The highest BCUT2D eigenvalue weighted by Crippen LogP contribution is 2.34. The van der Waals surface area contributed by atoms with Crippen LogP contribution in [0.2, 0.25) is 0 Å². The maximum atomic E-state index is 13.5. The summed E-state index contributed by atoms with van der Waals surface area (Å²) in [5.74, 6) is 1.56. The van der Waals surface area contributed by atoms with Gasteiger partial charge in [0.25, 0.3) is 5.56 Å². The molecule has 0 aliphatic carbocycles. The quantitative estimate of drug-likeness (QED) is 0.365. The van der Waals surface area contributed by atoms with Crippen molar-refractivity contribution in [2.75, 3.05) is 43.9 Å². The van der Waals surface area contributed by atoms with Gasteiger partial charge >= 0.3 is 0 Å². The first kappa shape index (κ1) is 24.5. The van der Waals surface area contributed by atoms with Crippen molar-refractivity contribution in [2.24, 2.45) is 0 Å². The average molecular weight is 531 g/mol. The topological polar surface area (TPSA) is 85.5 Å². The fourth-order valence-electron chi connectivity index (χ4n) is 5.25. The van der Waals surface area contributed by atoms with Crippen molar-refractivity contribution >= 4 is 34.4 Å². The summed E-state index contributed by atoms with van der Waals surface area (Å²) in [5.41, 5.74) is 4.69. The van der Waals surface area contributed by atoms with Gasteiger partial charge in [-0.25, -0.2) is 9.67 Å². The molecular weight excluding hydrogens is 500 g/mol. The summed E-state index contributed by atoms with van der Waals surface area (Å²) in [4.78, 5) is 35.8. The predicted molar refractivity (Wildman–Crippen MR) is 149 cm³/mol. The Bertz CT molecular complexity index is 1590. The zero-order chi connectivity index (χ0) is 26.4. The fourth-order valence-corrected chi connectivity index (χ4v) is 6.38. The first-order valence-corrected chi connectivity index (χ1v) is 13.8. The molecule has 4 heterocycles. The van der Waals surface area contributed by atoms with Crippen molar-refractivity contribution in [2.45, 2.75) is 31.5 Å². The first-order valence-electron chi connectivity index (χ1n) is 12.8. The molecule has 0 bridgehead atoms. The number of thioether (sulfide) groups is 1. The van der Waals surface area contributed by atoms with Crippen LogP contribution < -0.4 is 15.2 Å². The molecule has 2 aromatic carbocycles. The number of benzene rings is 2. The zero-order valence-corrected chi connectivity index (χ0v) is 22.6. The molecule has 4 aromatic rings. The molecule has 10 heteroatoms. The Kier molecular flexibility index (Phi) is 6.35. The molecule has 1 fully saturated rings. The molecule has 1 saturated heterocycles. The number of methoxy groups -OCH3 is 1. The van der Waals surface area contributed by atoms with Gasteiger partial charge in [0.05, 0.1) is 30.7 Å². The third-order valence-corrected chi connectivity index (χ3v) is 8.67. The van der Waals surface area contributed by atoms with Crippen molar-refractivity contribution in [3.05, 3.63) is 70.1 Å². The third kappa shape index (κ3) is 4.22. The molecule has 1 amide bonds. The Morgan fingerprint density at radius 2 is 1.87 bits per heavy atom. The lowest BCUT2D eigenvalue weighted by molar-refractivity contribution is -0.132. The lowest BCUT2D eigenvalue weighted by Gasteiger charge is -2.37. The number of aromatic nitrogens is 4. The predicted octanol–water partition coefficient (Wildman–Crippen LogP) is 3.59. The monoisotopic (exact) mass is 530 g/mol. The van der Waals surface area contributed by atoms with Gasteiger partial charge in [-0.1, -0.05) is 30.0 Å². The molecule has 0 spiro atoms. The number of amides is 1. The molecule has 6 rings (SSSR count). The van der Waals surface area contributed by atoms with Gasteiger partial charge in [-0.2, -0.15) is 5.10 Å². The second kappa shape index (κ2) is 9.83. The van der Waals surface area contributed by atoms with Crippen LogP contribution >= 0.6 is 11.8 Å². The summed E-state index contributed by atoms with van der Waals surface area (Å²) in [6.07, 6.45) is 1.87. The smallest absolute Gasteiger partial charge is 0.265 e. The lowest BCUT2D eigenvalue weighted by atomic mass is 10.1. The van der Waals surface area contributed by atoms with Crippen molar-refractivity contribution in [3.63, 3.8) is 0 Å². The van der Waals surface area contributed by atoms with Crippen LogP contribution in [-0.4, -0.2) is 69.2 Å². The van der Waals surface area contributed by atoms with Crippen molar-refractivity contribution < 1.29 is 9.53 Å².